The number of nitrogens with one attached hydrogen (secondary N) is 1. The number of amides is 1. The molecule has 1 amide bonds. The van der Waals surface area contributed by atoms with Gasteiger partial charge >= 0.3 is 0 Å². The highest BCUT2D eigenvalue weighted by Crippen LogP contribution is 2.18. The van der Waals surface area contributed by atoms with Gasteiger partial charge in [0.1, 0.15) is 0 Å². The molecule has 1 saturated heterocycles. The first-order valence-electron chi connectivity index (χ1n) is 6.48. The summed E-state index contributed by atoms with van der Waals surface area (Å²) in [6.07, 6.45) is 5.63. The number of carbonyl (C=O) groups excluding carboxylic acids is 1. The van der Waals surface area contributed by atoms with E-state index < -0.39 is 0 Å². The molecular weight excluding hydrogens is 202 g/mol. The summed E-state index contributed by atoms with van der Waals surface area (Å²) in [4.78, 5) is 13.7. The SMILES string of the molecule is CCC1CCCCN1CCNC(=O)CCN. The van der Waals surface area contributed by atoms with Crippen LogP contribution in [0.5, 0.6) is 0 Å². The summed E-state index contributed by atoms with van der Waals surface area (Å²) < 4.78 is 0. The Balaban J connectivity index is 2.17. The molecule has 94 valence electrons. The number of nitrogens with zero attached hydrogens (tertiary/aromatic N) is 1. The lowest BCUT2D eigenvalue weighted by atomic mass is 10.0. The lowest BCUT2D eigenvalue weighted by Crippen LogP contribution is -2.43. The van der Waals surface area contributed by atoms with Crippen LogP contribution in [0.15, 0.2) is 0 Å². The molecule has 1 heterocycles. The molecule has 0 bridgehead atoms. The Labute approximate surface area is 98.6 Å². The zero-order valence-electron chi connectivity index (χ0n) is 10.4. The molecular formula is C12H25N3O. The van der Waals surface area contributed by atoms with Crippen LogP contribution in [0, 0.1) is 0 Å². The van der Waals surface area contributed by atoms with E-state index in [0.29, 0.717) is 13.0 Å². The zero-order valence-corrected chi connectivity index (χ0v) is 10.4. The number of hydrogen-bond acceptors (Lipinski definition) is 3. The van der Waals surface area contributed by atoms with E-state index in [0.717, 1.165) is 19.1 Å². The second kappa shape index (κ2) is 7.63. The van der Waals surface area contributed by atoms with Crippen LogP contribution in [0.4, 0.5) is 0 Å². The van der Waals surface area contributed by atoms with Gasteiger partial charge in [0.2, 0.25) is 5.91 Å². The van der Waals surface area contributed by atoms with Crippen molar-refractivity contribution in [1.82, 2.24) is 10.2 Å². The van der Waals surface area contributed by atoms with Gasteiger partial charge in [-0.2, -0.15) is 0 Å². The lowest BCUT2D eigenvalue weighted by molar-refractivity contribution is -0.120. The van der Waals surface area contributed by atoms with Crippen molar-refractivity contribution >= 4 is 5.91 Å². The van der Waals surface area contributed by atoms with Gasteiger partial charge in [-0.1, -0.05) is 13.3 Å². The summed E-state index contributed by atoms with van der Waals surface area (Å²) in [6.45, 7) is 5.61. The Hall–Kier alpha value is -0.610. The Morgan fingerprint density at radius 2 is 2.31 bits per heavy atom. The highest BCUT2D eigenvalue weighted by atomic mass is 16.1. The summed E-state index contributed by atoms with van der Waals surface area (Å²) >= 11 is 0. The van der Waals surface area contributed by atoms with E-state index in [9.17, 15) is 4.79 Å². The van der Waals surface area contributed by atoms with Crippen molar-refractivity contribution in [2.75, 3.05) is 26.2 Å². The minimum absolute atomic E-state index is 0.0764. The number of piperidine rings is 1. The number of likely N-dealkylation sites (tertiary alicyclic amines) is 1. The van der Waals surface area contributed by atoms with E-state index in [2.05, 4.69) is 17.1 Å². The second-order valence-electron chi connectivity index (χ2n) is 4.48. The van der Waals surface area contributed by atoms with Gasteiger partial charge in [-0.3, -0.25) is 9.69 Å². The van der Waals surface area contributed by atoms with Gasteiger partial charge < -0.3 is 11.1 Å². The van der Waals surface area contributed by atoms with E-state index in [1.54, 1.807) is 0 Å². The van der Waals surface area contributed by atoms with Crippen LogP contribution in [0.2, 0.25) is 0 Å². The molecule has 0 spiro atoms. The molecule has 0 aromatic rings. The van der Waals surface area contributed by atoms with Crippen LogP contribution in [-0.4, -0.2) is 43.0 Å². The predicted octanol–water partition coefficient (Wildman–Crippen LogP) is 0.716. The first-order valence-corrected chi connectivity index (χ1v) is 6.48. The molecule has 1 fully saturated rings. The lowest BCUT2D eigenvalue weighted by Gasteiger charge is -2.35. The third kappa shape index (κ3) is 4.49. The molecule has 1 aliphatic rings. The van der Waals surface area contributed by atoms with Crippen molar-refractivity contribution in [3.8, 4) is 0 Å². The molecule has 16 heavy (non-hydrogen) atoms. The standard InChI is InChI=1S/C12H25N3O/c1-2-11-5-3-4-9-15(11)10-8-14-12(16)6-7-13/h11H,2-10,13H2,1H3,(H,14,16). The molecule has 1 unspecified atom stereocenters. The highest BCUT2D eigenvalue weighted by molar-refractivity contribution is 5.75. The molecule has 0 saturated carbocycles. The van der Waals surface area contributed by atoms with Crippen LogP contribution in [-0.2, 0) is 4.79 Å². The molecule has 4 heteroatoms. The van der Waals surface area contributed by atoms with E-state index >= 15 is 0 Å². The minimum atomic E-state index is 0.0764. The van der Waals surface area contributed by atoms with Gasteiger partial charge in [-0.05, 0) is 25.8 Å². The molecule has 0 aromatic heterocycles. The van der Waals surface area contributed by atoms with E-state index in [4.69, 9.17) is 5.73 Å². The maximum absolute atomic E-state index is 11.2. The first-order chi connectivity index (χ1) is 7.77. The fourth-order valence-electron chi connectivity index (χ4n) is 2.38. The highest BCUT2D eigenvalue weighted by Gasteiger charge is 2.19. The van der Waals surface area contributed by atoms with E-state index in [1.807, 2.05) is 0 Å². The summed E-state index contributed by atoms with van der Waals surface area (Å²) in [7, 11) is 0. The van der Waals surface area contributed by atoms with Gasteiger partial charge in [0.05, 0.1) is 0 Å². The van der Waals surface area contributed by atoms with Crippen molar-refractivity contribution in [2.24, 2.45) is 5.73 Å². The fourth-order valence-corrected chi connectivity index (χ4v) is 2.38. The van der Waals surface area contributed by atoms with E-state index in [1.165, 1.54) is 32.2 Å². The first kappa shape index (κ1) is 13.5. The van der Waals surface area contributed by atoms with Crippen LogP contribution in [0.3, 0.4) is 0 Å². The second-order valence-corrected chi connectivity index (χ2v) is 4.48. The molecule has 4 nitrogen and oxygen atoms in total. The monoisotopic (exact) mass is 227 g/mol. The van der Waals surface area contributed by atoms with Crippen LogP contribution in [0.1, 0.15) is 39.0 Å². The van der Waals surface area contributed by atoms with E-state index in [-0.39, 0.29) is 5.91 Å². The van der Waals surface area contributed by atoms with Crippen molar-refractivity contribution in [1.29, 1.82) is 0 Å². The minimum Gasteiger partial charge on any atom is -0.355 e. The number of rotatable bonds is 6. The maximum atomic E-state index is 11.2. The topological polar surface area (TPSA) is 58.4 Å². The quantitative estimate of drug-likeness (QED) is 0.703. The Morgan fingerprint density at radius 1 is 1.50 bits per heavy atom. The number of nitrogens with two attached hydrogens (primary N) is 1. The average molecular weight is 227 g/mol. The van der Waals surface area contributed by atoms with Crippen LogP contribution in [0.25, 0.3) is 0 Å². The van der Waals surface area contributed by atoms with Gasteiger partial charge in [0.15, 0.2) is 0 Å². The molecule has 1 aliphatic heterocycles. The van der Waals surface area contributed by atoms with Gasteiger partial charge in [-0.15, -0.1) is 0 Å². The normalized spacial score (nSPS) is 22.0. The van der Waals surface area contributed by atoms with Crippen molar-refractivity contribution in [2.45, 2.75) is 45.1 Å². The Bertz CT molecular complexity index is 208. The van der Waals surface area contributed by atoms with Crippen molar-refractivity contribution in [3.05, 3.63) is 0 Å². The zero-order chi connectivity index (χ0) is 11.8. The number of hydrogen-bond donors (Lipinski definition) is 2. The maximum Gasteiger partial charge on any atom is 0.221 e. The molecule has 0 aromatic carbocycles. The van der Waals surface area contributed by atoms with Gasteiger partial charge in [-0.25, -0.2) is 0 Å². The Kier molecular flexibility index (Phi) is 6.42. The van der Waals surface area contributed by atoms with Gasteiger partial charge in [0, 0.05) is 32.1 Å². The molecule has 0 aliphatic carbocycles. The Morgan fingerprint density at radius 3 is 3.00 bits per heavy atom. The number of carbonyl (C=O) groups is 1. The largest absolute Gasteiger partial charge is 0.355 e. The third-order valence-electron chi connectivity index (χ3n) is 3.31. The average Bonchev–Trinajstić information content (AvgIpc) is 2.30. The third-order valence-corrected chi connectivity index (χ3v) is 3.31. The molecule has 3 N–H and O–H groups in total. The molecule has 1 atom stereocenters. The van der Waals surface area contributed by atoms with Crippen LogP contribution < -0.4 is 11.1 Å². The molecule has 0 radical (unpaired) electrons. The van der Waals surface area contributed by atoms with Crippen molar-refractivity contribution in [3.63, 3.8) is 0 Å². The summed E-state index contributed by atoms with van der Waals surface area (Å²) in [6, 6.07) is 0.722. The predicted molar refractivity (Wildman–Crippen MR) is 66.2 cm³/mol. The summed E-state index contributed by atoms with van der Waals surface area (Å²) in [5, 5.41) is 2.91. The smallest absolute Gasteiger partial charge is 0.221 e. The van der Waals surface area contributed by atoms with Crippen molar-refractivity contribution < 1.29 is 4.79 Å². The van der Waals surface area contributed by atoms with Crippen LogP contribution >= 0.6 is 0 Å². The molecule has 1 rings (SSSR count). The summed E-state index contributed by atoms with van der Waals surface area (Å²) in [5.74, 6) is 0.0764. The van der Waals surface area contributed by atoms with Gasteiger partial charge in [0.25, 0.3) is 0 Å². The fraction of sp³-hybridized carbons (Fsp3) is 0.917. The summed E-state index contributed by atoms with van der Waals surface area (Å²) in [5.41, 5.74) is 5.32.